The van der Waals surface area contributed by atoms with Gasteiger partial charge in [-0.2, -0.15) is 19.2 Å². The first-order chi connectivity index (χ1) is 27.1. The Kier molecular flexibility index (Phi) is 16.0. The molecule has 0 radical (unpaired) electrons. The Balaban J connectivity index is 0.000000246. The Morgan fingerprint density at radius 2 is 1.12 bits per heavy atom. The fraction of sp³-hybridized carbons (Fsp3) is 0.421. The van der Waals surface area contributed by atoms with Crippen LogP contribution in [0.25, 0.3) is 22.6 Å². The predicted molar refractivity (Wildman–Crippen MR) is 212 cm³/mol. The van der Waals surface area contributed by atoms with Crippen LogP contribution in [0.15, 0.2) is 60.7 Å². The highest BCUT2D eigenvalue weighted by atomic mass is 35.5. The third-order valence-corrected chi connectivity index (χ3v) is 9.06. The number of hydrogen-bond donors (Lipinski definition) is 0. The first-order valence-corrected chi connectivity index (χ1v) is 17.6. The number of hydrogen-bond acceptors (Lipinski definition) is 12. The largest absolute Gasteiger partial charge is 0.573 e. The highest BCUT2D eigenvalue weighted by Crippen LogP contribution is 2.37. The van der Waals surface area contributed by atoms with Crippen LogP contribution in [-0.4, -0.2) is 84.9 Å². The van der Waals surface area contributed by atoms with Crippen molar-refractivity contribution in [2.75, 3.05) is 14.2 Å². The van der Waals surface area contributed by atoms with Crippen LogP contribution < -0.4 is 14.9 Å². The molecular formula is C38H46BClF6N8O6. The number of rotatable bonds is 8. The van der Waals surface area contributed by atoms with Crippen molar-refractivity contribution in [3.05, 3.63) is 88.6 Å². The van der Waals surface area contributed by atoms with E-state index in [0.717, 1.165) is 0 Å². The van der Waals surface area contributed by atoms with Crippen LogP contribution in [0.1, 0.15) is 65.3 Å². The minimum Gasteiger partial charge on any atom is -0.406 e. The Morgan fingerprint density at radius 3 is 1.58 bits per heavy atom. The molecule has 0 aliphatic carbocycles. The van der Waals surface area contributed by atoms with Crippen molar-refractivity contribution in [2.45, 2.75) is 93.5 Å². The maximum absolute atomic E-state index is 12.3. The smallest absolute Gasteiger partial charge is 0.406 e. The molecule has 0 bridgehead atoms. The molecular weight excluding hydrogens is 825 g/mol. The van der Waals surface area contributed by atoms with E-state index in [1.807, 2.05) is 27.7 Å². The Labute approximate surface area is 348 Å². The molecule has 6 aromatic rings. The van der Waals surface area contributed by atoms with Crippen LogP contribution in [0.5, 0.6) is 11.5 Å². The molecule has 0 N–H and O–H groups in total. The summed E-state index contributed by atoms with van der Waals surface area (Å²) >= 11 is 5.72. The topological polar surface area (TPSA) is 142 Å². The van der Waals surface area contributed by atoms with Crippen molar-refractivity contribution >= 4 is 35.5 Å². The van der Waals surface area contributed by atoms with Gasteiger partial charge in [0.15, 0.2) is 22.9 Å². The number of methoxy groups -OCH3 is 2. The van der Waals surface area contributed by atoms with Gasteiger partial charge in [-0.15, -0.1) is 46.7 Å². The molecule has 0 saturated carbocycles. The van der Waals surface area contributed by atoms with Crippen molar-refractivity contribution in [3.8, 4) is 22.8 Å². The highest BCUT2D eigenvalue weighted by molar-refractivity contribution is 6.62. The predicted octanol–water partition coefficient (Wildman–Crippen LogP) is 8.53. The molecule has 22 heteroatoms. The number of ether oxygens (including phenoxy) is 4. The van der Waals surface area contributed by atoms with E-state index in [1.165, 1.54) is 37.4 Å². The second-order valence-electron chi connectivity index (χ2n) is 13.7. The molecule has 0 spiro atoms. The summed E-state index contributed by atoms with van der Waals surface area (Å²) in [6.45, 7) is 11.7. The van der Waals surface area contributed by atoms with Gasteiger partial charge >= 0.3 is 19.8 Å². The summed E-state index contributed by atoms with van der Waals surface area (Å²) in [6.07, 6.45) is -9.42. The molecule has 0 unspecified atom stereocenters. The first kappa shape index (κ1) is 49.3. The quantitative estimate of drug-likeness (QED) is 0.107. The van der Waals surface area contributed by atoms with Gasteiger partial charge in [-0.25, -0.2) is 0 Å². The van der Waals surface area contributed by atoms with Gasteiger partial charge in [0.1, 0.15) is 29.9 Å². The zero-order valence-corrected chi connectivity index (χ0v) is 33.2. The molecule has 1 aliphatic rings. The molecule has 0 amide bonds. The number of aryl methyl sites for hydroxylation is 2. The molecule has 7 rings (SSSR count). The number of aromatic nitrogens is 8. The van der Waals surface area contributed by atoms with Gasteiger partial charge in [0, 0.05) is 19.8 Å². The second-order valence-corrected chi connectivity index (χ2v) is 14.1. The third-order valence-electron chi connectivity index (χ3n) is 8.86. The zero-order chi connectivity index (χ0) is 42.6. The van der Waals surface area contributed by atoms with E-state index in [4.69, 9.17) is 30.4 Å². The molecule has 326 valence electrons. The summed E-state index contributed by atoms with van der Waals surface area (Å²) < 4.78 is 106. The summed E-state index contributed by atoms with van der Waals surface area (Å²) in [4.78, 5) is 0. The molecule has 5 heterocycles. The van der Waals surface area contributed by atoms with Crippen molar-refractivity contribution in [3.63, 3.8) is 0 Å². The monoisotopic (exact) mass is 870 g/mol. The van der Waals surface area contributed by atoms with Gasteiger partial charge < -0.3 is 28.3 Å². The minimum atomic E-state index is -4.72. The van der Waals surface area contributed by atoms with Crippen molar-refractivity contribution in [2.24, 2.45) is 0 Å². The maximum Gasteiger partial charge on any atom is 0.573 e. The second kappa shape index (κ2) is 19.5. The average molecular weight is 871 g/mol. The van der Waals surface area contributed by atoms with Gasteiger partial charge in [-0.1, -0.05) is 32.5 Å². The number of alkyl halides is 6. The average Bonchev–Trinajstić information content (AvgIpc) is 3.76. The fourth-order valence-corrected chi connectivity index (χ4v) is 5.57. The lowest BCUT2D eigenvalue weighted by molar-refractivity contribution is -0.275. The fourth-order valence-electron chi connectivity index (χ4n) is 5.43. The van der Waals surface area contributed by atoms with E-state index in [2.05, 4.69) is 40.1 Å². The summed E-state index contributed by atoms with van der Waals surface area (Å²) in [5.41, 5.74) is 3.41. The van der Waals surface area contributed by atoms with E-state index in [0.29, 0.717) is 62.6 Å². The van der Waals surface area contributed by atoms with Gasteiger partial charge in [-0.3, -0.25) is 0 Å². The summed E-state index contributed by atoms with van der Waals surface area (Å²) in [5.74, 6) is 0.651. The molecule has 1 saturated heterocycles. The molecule has 4 aromatic heterocycles. The van der Waals surface area contributed by atoms with Crippen molar-refractivity contribution < 1.29 is 54.6 Å². The van der Waals surface area contributed by atoms with Crippen LogP contribution in [0.3, 0.4) is 0 Å². The SMILES string of the molecule is C.C.COCc1nnc2ccc(-c3ccc(OC(F)(F)F)cc3C)nn12.COCc1nnc2ccc(Cl)nn12.Cc1cc(OC(F)(F)F)ccc1B1OC(C)(C)C(C)(C)O1. The van der Waals surface area contributed by atoms with Gasteiger partial charge in [-0.05, 0) is 113 Å². The summed E-state index contributed by atoms with van der Waals surface area (Å²) in [5, 5.41) is 24.6. The van der Waals surface area contributed by atoms with E-state index in [9.17, 15) is 26.3 Å². The van der Waals surface area contributed by atoms with E-state index >= 15 is 0 Å². The third kappa shape index (κ3) is 12.2. The standard InChI is InChI=1S/C15H13F3N4O2.C14H18BF3O3.C7H7ClN4O.2CH4/c1-9-7-10(24-15(16,17)18)3-4-11(9)12-5-6-13-19-20-14(8-23-2)22(13)21-12;1-9-8-10(19-14(16,17)18)6-7-11(9)15-20-12(2,3)13(4,5)21-15;1-13-4-7-10-9-6-3-2-5(8)11-12(6)7;;/h3-7H,8H2,1-2H3;6-8H,1-5H3;2-3H,4H2,1H3;2*1H4. The number of benzene rings is 2. The van der Waals surface area contributed by atoms with Crippen LogP contribution in [-0.2, 0) is 32.0 Å². The van der Waals surface area contributed by atoms with Crippen LogP contribution in [0.4, 0.5) is 26.3 Å². The van der Waals surface area contributed by atoms with Gasteiger partial charge in [0.2, 0.25) is 0 Å². The Hall–Kier alpha value is -5.09. The Bertz CT molecular complexity index is 2340. The molecule has 0 atom stereocenters. The van der Waals surface area contributed by atoms with Gasteiger partial charge in [0.25, 0.3) is 0 Å². The molecule has 1 aliphatic heterocycles. The lowest BCUT2D eigenvalue weighted by atomic mass is 9.76. The molecule has 14 nitrogen and oxygen atoms in total. The van der Waals surface area contributed by atoms with Crippen LogP contribution in [0.2, 0.25) is 5.15 Å². The van der Waals surface area contributed by atoms with E-state index in [-0.39, 0.29) is 33.0 Å². The van der Waals surface area contributed by atoms with Gasteiger partial charge in [0.05, 0.1) is 16.9 Å². The number of nitrogens with zero attached hydrogens (tertiary/aromatic N) is 8. The minimum absolute atomic E-state index is 0. The van der Waals surface area contributed by atoms with Crippen molar-refractivity contribution in [1.82, 2.24) is 39.6 Å². The van der Waals surface area contributed by atoms with Crippen LogP contribution >= 0.6 is 11.6 Å². The number of halogens is 7. The lowest BCUT2D eigenvalue weighted by Crippen LogP contribution is -2.41. The highest BCUT2D eigenvalue weighted by Gasteiger charge is 2.52. The molecule has 60 heavy (non-hydrogen) atoms. The lowest BCUT2D eigenvalue weighted by Gasteiger charge is -2.32. The summed E-state index contributed by atoms with van der Waals surface area (Å²) in [7, 11) is 2.52. The van der Waals surface area contributed by atoms with Crippen LogP contribution in [0, 0.1) is 13.8 Å². The number of fused-ring (bicyclic) bond motifs is 2. The zero-order valence-electron chi connectivity index (χ0n) is 32.4. The van der Waals surface area contributed by atoms with Crippen molar-refractivity contribution in [1.29, 1.82) is 0 Å². The first-order valence-electron chi connectivity index (χ1n) is 17.2. The molecule has 2 aromatic carbocycles. The summed E-state index contributed by atoms with van der Waals surface area (Å²) in [6, 6.07) is 15.1. The van der Waals surface area contributed by atoms with E-state index in [1.54, 1.807) is 60.3 Å². The maximum atomic E-state index is 12.3. The normalized spacial score (nSPS) is 14.3. The molecule has 1 fully saturated rings. The Morgan fingerprint density at radius 1 is 0.650 bits per heavy atom. The van der Waals surface area contributed by atoms with E-state index < -0.39 is 31.0 Å².